The van der Waals surface area contributed by atoms with Gasteiger partial charge in [-0.1, -0.05) is 0 Å². The first-order valence-corrected chi connectivity index (χ1v) is 5.92. The first-order valence-electron chi connectivity index (χ1n) is 1.00. The van der Waals surface area contributed by atoms with Crippen molar-refractivity contribution in [2.75, 3.05) is 0 Å². The van der Waals surface area contributed by atoms with E-state index in [0.717, 1.165) is 0 Å². The molecular weight excluding hydrogens is 147 g/mol. The van der Waals surface area contributed by atoms with Gasteiger partial charge in [-0.3, -0.25) is 0 Å². The van der Waals surface area contributed by atoms with Gasteiger partial charge in [0.1, 0.15) is 0 Å². The molecule has 2 nitrogen and oxygen atoms in total. The van der Waals surface area contributed by atoms with E-state index in [1.165, 1.54) is 0 Å². The zero-order valence-corrected chi connectivity index (χ0v) is 5.96. The van der Waals surface area contributed by atoms with Crippen LogP contribution in [0.25, 0.3) is 0 Å². The molecule has 0 aliphatic heterocycles. The van der Waals surface area contributed by atoms with Crippen LogP contribution in [0, 0.1) is 0 Å². The van der Waals surface area contributed by atoms with Gasteiger partial charge in [-0.2, -0.15) is 0 Å². The second kappa shape index (κ2) is 21.4. The number of hydrogen-bond donors (Lipinski definition) is 0. The molecule has 0 saturated carbocycles. The van der Waals surface area contributed by atoms with Crippen molar-refractivity contribution >= 4 is 0 Å². The molecule has 0 spiro atoms. The summed E-state index contributed by atoms with van der Waals surface area (Å²) in [5.74, 6) is 0. The maximum absolute atomic E-state index is 2.30. The Hall–Kier alpha value is 0.803. The monoisotopic (exact) mass is 156 g/mol. The van der Waals surface area contributed by atoms with Gasteiger partial charge < -0.3 is 11.0 Å². The quantitative estimate of drug-likeness (QED) is 0.456. The van der Waals surface area contributed by atoms with E-state index in [9.17, 15) is 0 Å². The normalized spacial score (nSPS) is 2.80. The van der Waals surface area contributed by atoms with E-state index in [1.807, 2.05) is 0 Å². The fourth-order valence-electron chi connectivity index (χ4n) is 0. The SMILES string of the molecule is O.O.[CH3][Zr][CH3]. The molecule has 0 aromatic heterocycles. The fourth-order valence-corrected chi connectivity index (χ4v) is 0. The van der Waals surface area contributed by atoms with E-state index in [1.54, 1.807) is 0 Å². The van der Waals surface area contributed by atoms with Crippen molar-refractivity contribution in [3.63, 3.8) is 0 Å². The van der Waals surface area contributed by atoms with Crippen molar-refractivity contribution in [3.8, 4) is 0 Å². The van der Waals surface area contributed by atoms with Gasteiger partial charge in [0.05, 0.1) is 0 Å². The molecule has 0 amide bonds. The summed E-state index contributed by atoms with van der Waals surface area (Å²) in [7, 11) is 0. The van der Waals surface area contributed by atoms with Crippen molar-refractivity contribution < 1.29 is 34.2 Å². The van der Waals surface area contributed by atoms with Crippen molar-refractivity contribution in [2.45, 2.75) is 9.26 Å². The summed E-state index contributed by atoms with van der Waals surface area (Å²) >= 11 is 0.230. The third-order valence-electron chi connectivity index (χ3n) is 0. The zero-order chi connectivity index (χ0) is 2.71. The predicted octanol–water partition coefficient (Wildman–Crippen LogP) is -0.484. The Morgan fingerprint density at radius 2 is 1.00 bits per heavy atom. The molecule has 0 saturated heterocycles. The standard InChI is InChI=1S/2CH3.2H2O.Zr/h2*1H3;2*1H2;. The molecule has 0 atom stereocenters. The first-order chi connectivity index (χ1) is 1.41. The van der Waals surface area contributed by atoms with Crippen LogP contribution in [0.5, 0.6) is 0 Å². The van der Waals surface area contributed by atoms with E-state index in [4.69, 9.17) is 0 Å². The van der Waals surface area contributed by atoms with Crippen LogP contribution in [-0.2, 0) is 23.2 Å². The molecule has 0 bridgehead atoms. The summed E-state index contributed by atoms with van der Waals surface area (Å²) in [6, 6.07) is 0. The van der Waals surface area contributed by atoms with Gasteiger partial charge in [0.2, 0.25) is 0 Å². The molecule has 3 heteroatoms. The third kappa shape index (κ3) is 58.5. The van der Waals surface area contributed by atoms with Gasteiger partial charge in [0, 0.05) is 0 Å². The van der Waals surface area contributed by atoms with Crippen LogP contribution in [-0.4, -0.2) is 11.0 Å². The molecule has 34 valence electrons. The summed E-state index contributed by atoms with van der Waals surface area (Å²) in [5, 5.41) is 0. The van der Waals surface area contributed by atoms with E-state index in [0.29, 0.717) is 0 Å². The Kier molecular flexibility index (Phi) is 72.8. The molecule has 4 N–H and O–H groups in total. The fraction of sp³-hybridized carbons (Fsp3) is 1.00. The van der Waals surface area contributed by atoms with Crippen molar-refractivity contribution in [3.05, 3.63) is 0 Å². The van der Waals surface area contributed by atoms with E-state index in [2.05, 4.69) is 9.26 Å². The van der Waals surface area contributed by atoms with E-state index < -0.39 is 0 Å². The molecule has 0 aromatic rings. The van der Waals surface area contributed by atoms with Crippen LogP contribution >= 0.6 is 0 Å². The summed E-state index contributed by atoms with van der Waals surface area (Å²) in [5.41, 5.74) is 0. The summed E-state index contributed by atoms with van der Waals surface area (Å²) < 4.78 is 4.59. The van der Waals surface area contributed by atoms with Crippen molar-refractivity contribution in [1.82, 2.24) is 0 Å². The first kappa shape index (κ1) is 17.0. The molecule has 0 aliphatic carbocycles. The van der Waals surface area contributed by atoms with Crippen LogP contribution in [0.3, 0.4) is 0 Å². The minimum atomic E-state index is 0. The van der Waals surface area contributed by atoms with Gasteiger partial charge in [0.15, 0.2) is 0 Å². The van der Waals surface area contributed by atoms with Gasteiger partial charge in [-0.25, -0.2) is 0 Å². The van der Waals surface area contributed by atoms with Crippen LogP contribution in [0.15, 0.2) is 0 Å². The molecule has 0 heterocycles. The topological polar surface area (TPSA) is 63.0 Å². The van der Waals surface area contributed by atoms with Crippen LogP contribution in [0.2, 0.25) is 9.26 Å². The Bertz CT molecular complexity index is 7.61. The van der Waals surface area contributed by atoms with Gasteiger partial charge in [-0.15, -0.1) is 0 Å². The Morgan fingerprint density at radius 3 is 1.00 bits per heavy atom. The molecule has 0 unspecified atom stereocenters. The van der Waals surface area contributed by atoms with Gasteiger partial charge in [-0.05, 0) is 0 Å². The molecular formula is C2H10O2Zr. The number of hydrogen-bond acceptors (Lipinski definition) is 0. The van der Waals surface area contributed by atoms with Gasteiger partial charge in [0.25, 0.3) is 0 Å². The van der Waals surface area contributed by atoms with Crippen molar-refractivity contribution in [1.29, 1.82) is 0 Å². The van der Waals surface area contributed by atoms with Gasteiger partial charge >= 0.3 is 32.5 Å². The summed E-state index contributed by atoms with van der Waals surface area (Å²) in [6.45, 7) is 0. The predicted molar refractivity (Wildman–Crippen MR) is 19.0 cm³/mol. The van der Waals surface area contributed by atoms with Crippen LogP contribution < -0.4 is 0 Å². The van der Waals surface area contributed by atoms with Crippen LogP contribution in [0.1, 0.15) is 0 Å². The van der Waals surface area contributed by atoms with Crippen LogP contribution in [0.4, 0.5) is 0 Å². The zero-order valence-electron chi connectivity index (χ0n) is 3.50. The molecule has 5 heavy (non-hydrogen) atoms. The minimum absolute atomic E-state index is 0. The molecule has 0 fully saturated rings. The number of rotatable bonds is 0. The second-order valence-corrected chi connectivity index (χ2v) is 2.96. The molecule has 0 rings (SSSR count). The molecule has 0 aromatic carbocycles. The Balaban J connectivity index is -0.0000000200. The Morgan fingerprint density at radius 1 is 1.00 bits per heavy atom. The van der Waals surface area contributed by atoms with E-state index >= 15 is 0 Å². The molecule has 0 radical (unpaired) electrons. The summed E-state index contributed by atoms with van der Waals surface area (Å²) in [4.78, 5) is 0. The van der Waals surface area contributed by atoms with Crippen molar-refractivity contribution in [2.24, 2.45) is 0 Å². The average molecular weight is 157 g/mol. The average Bonchev–Trinajstić information content (AvgIpc) is 0.918. The maximum atomic E-state index is 2.30. The Labute approximate surface area is 43.8 Å². The molecule has 0 aliphatic rings. The second-order valence-electron chi connectivity index (χ2n) is 0.500. The van der Waals surface area contributed by atoms with E-state index in [-0.39, 0.29) is 34.2 Å². The summed E-state index contributed by atoms with van der Waals surface area (Å²) in [6.07, 6.45) is 0. The third-order valence-corrected chi connectivity index (χ3v) is 0.